The maximum absolute atomic E-state index is 13.6. The summed E-state index contributed by atoms with van der Waals surface area (Å²) in [5.41, 5.74) is 11.6. The summed E-state index contributed by atoms with van der Waals surface area (Å²) in [6, 6.07) is 23.6. The van der Waals surface area contributed by atoms with Crippen molar-refractivity contribution in [3.05, 3.63) is 95.1 Å². The molecule has 3 aromatic carbocycles. The number of esters is 1. The molecule has 1 aliphatic rings. The summed E-state index contributed by atoms with van der Waals surface area (Å²) in [6.07, 6.45) is 1.18. The second-order valence-corrected chi connectivity index (χ2v) is 9.70. The first kappa shape index (κ1) is 28.1. The Balaban J connectivity index is 1.49. The molecule has 0 radical (unpaired) electrons. The molecule has 2 amide bonds. The number of nitrogens with zero attached hydrogens (tertiary/aromatic N) is 1. The van der Waals surface area contributed by atoms with E-state index in [4.69, 9.17) is 9.47 Å². The van der Waals surface area contributed by atoms with E-state index in [2.05, 4.69) is 59.5 Å². The molecule has 1 fully saturated rings. The molecular formula is C31H38N4O4. The minimum absolute atomic E-state index is 0.0517. The molecule has 8 heteroatoms. The number of hydrogen-bond acceptors (Lipinski definition) is 6. The first-order valence-electron chi connectivity index (χ1n) is 13.5. The monoisotopic (exact) mass is 530 g/mol. The van der Waals surface area contributed by atoms with Gasteiger partial charge in [0.2, 0.25) is 0 Å². The van der Waals surface area contributed by atoms with E-state index in [1.807, 2.05) is 41.3 Å². The van der Waals surface area contributed by atoms with Gasteiger partial charge in [0.05, 0.1) is 26.2 Å². The fraction of sp³-hybridized carbons (Fsp3) is 0.355. The molecule has 1 aliphatic heterocycles. The number of amides is 2. The molecule has 2 unspecified atom stereocenters. The second kappa shape index (κ2) is 13.8. The molecule has 206 valence electrons. The van der Waals surface area contributed by atoms with Crippen LogP contribution in [0.4, 0.5) is 10.5 Å². The van der Waals surface area contributed by atoms with E-state index in [0.717, 1.165) is 35.4 Å². The van der Waals surface area contributed by atoms with Crippen LogP contribution in [0, 0.1) is 5.92 Å². The van der Waals surface area contributed by atoms with E-state index in [1.54, 1.807) is 14.0 Å². The number of anilines is 1. The van der Waals surface area contributed by atoms with Crippen molar-refractivity contribution >= 4 is 17.7 Å². The Hall–Kier alpha value is -3.88. The maximum Gasteiger partial charge on any atom is 0.322 e. The van der Waals surface area contributed by atoms with E-state index in [0.29, 0.717) is 25.4 Å². The van der Waals surface area contributed by atoms with Crippen LogP contribution in [0.3, 0.4) is 0 Å². The van der Waals surface area contributed by atoms with Gasteiger partial charge in [0, 0.05) is 31.2 Å². The van der Waals surface area contributed by atoms with Crippen LogP contribution in [-0.4, -0.2) is 43.7 Å². The number of benzene rings is 3. The van der Waals surface area contributed by atoms with Crippen molar-refractivity contribution in [1.82, 2.24) is 15.8 Å². The lowest BCUT2D eigenvalue weighted by Crippen LogP contribution is -2.39. The Bertz CT molecular complexity index is 1210. The Morgan fingerprint density at radius 3 is 2.23 bits per heavy atom. The molecule has 0 saturated carbocycles. The van der Waals surface area contributed by atoms with Crippen LogP contribution in [0.15, 0.2) is 72.8 Å². The summed E-state index contributed by atoms with van der Waals surface area (Å²) < 4.78 is 10.3. The van der Waals surface area contributed by atoms with Gasteiger partial charge in [0.25, 0.3) is 0 Å². The van der Waals surface area contributed by atoms with Crippen LogP contribution in [0.1, 0.15) is 42.1 Å². The summed E-state index contributed by atoms with van der Waals surface area (Å²) in [5.74, 6) is 0.705. The number of hydrogen-bond donors (Lipinski definition) is 3. The zero-order valence-corrected chi connectivity index (χ0v) is 22.9. The smallest absolute Gasteiger partial charge is 0.322 e. The largest absolute Gasteiger partial charge is 0.497 e. The number of rotatable bonds is 11. The molecule has 1 saturated heterocycles. The van der Waals surface area contributed by atoms with Crippen LogP contribution in [-0.2, 0) is 28.9 Å². The predicted molar refractivity (Wildman–Crippen MR) is 152 cm³/mol. The quantitative estimate of drug-likeness (QED) is 0.307. The van der Waals surface area contributed by atoms with Gasteiger partial charge < -0.3 is 19.7 Å². The highest BCUT2D eigenvalue weighted by atomic mass is 16.5. The average molecular weight is 531 g/mol. The Kier molecular flexibility index (Phi) is 9.94. The molecule has 0 aliphatic carbocycles. The lowest BCUT2D eigenvalue weighted by atomic mass is 9.94. The lowest BCUT2D eigenvalue weighted by molar-refractivity contribution is -0.142. The Morgan fingerprint density at radius 1 is 0.923 bits per heavy atom. The number of carbonyl (C=O) groups is 2. The van der Waals surface area contributed by atoms with Gasteiger partial charge in [-0.3, -0.25) is 10.2 Å². The fourth-order valence-corrected chi connectivity index (χ4v) is 4.76. The zero-order chi connectivity index (χ0) is 27.6. The number of carbonyl (C=O) groups excluding carboxylic acids is 2. The third kappa shape index (κ3) is 7.81. The second-order valence-electron chi connectivity index (χ2n) is 9.70. The van der Waals surface area contributed by atoms with Crippen molar-refractivity contribution in [3.8, 4) is 5.75 Å². The minimum atomic E-state index is -0.264. The third-order valence-electron chi connectivity index (χ3n) is 6.97. The van der Waals surface area contributed by atoms with Crippen LogP contribution >= 0.6 is 0 Å². The SMILES string of the molecule is CCOC(=O)Cc1ccc(NC(=O)N(Cc2ccc(CC)cc2)CC2CNNC2c2ccc(OC)cc2)cc1. The van der Waals surface area contributed by atoms with Gasteiger partial charge in [-0.25, -0.2) is 10.2 Å². The van der Waals surface area contributed by atoms with Crippen molar-refractivity contribution in [2.24, 2.45) is 5.92 Å². The van der Waals surface area contributed by atoms with Gasteiger partial charge in [-0.05, 0) is 59.9 Å². The molecule has 1 heterocycles. The molecule has 4 rings (SSSR count). The van der Waals surface area contributed by atoms with Crippen LogP contribution in [0.2, 0.25) is 0 Å². The van der Waals surface area contributed by atoms with Gasteiger partial charge in [-0.15, -0.1) is 0 Å². The Morgan fingerprint density at radius 2 is 1.59 bits per heavy atom. The zero-order valence-electron chi connectivity index (χ0n) is 22.9. The number of aryl methyl sites for hydroxylation is 1. The molecule has 0 spiro atoms. The highest BCUT2D eigenvalue weighted by Gasteiger charge is 2.31. The van der Waals surface area contributed by atoms with Crippen molar-refractivity contribution in [2.75, 3.05) is 32.1 Å². The minimum Gasteiger partial charge on any atom is -0.497 e. The molecule has 0 aromatic heterocycles. The summed E-state index contributed by atoms with van der Waals surface area (Å²) in [7, 11) is 1.66. The summed E-state index contributed by atoms with van der Waals surface area (Å²) in [6.45, 7) is 6.05. The van der Waals surface area contributed by atoms with Gasteiger partial charge >= 0.3 is 12.0 Å². The Labute approximate surface area is 230 Å². The van der Waals surface area contributed by atoms with E-state index in [-0.39, 0.29) is 30.4 Å². The summed E-state index contributed by atoms with van der Waals surface area (Å²) in [5, 5.41) is 3.05. The standard InChI is InChI=1S/C31H38N4O4/c1-4-22-6-8-24(9-7-22)20-35(21-26-19-32-34-30(26)25-12-16-28(38-3)17-13-25)31(37)33-27-14-10-23(11-15-27)18-29(36)39-5-2/h6-17,26,30,32,34H,4-5,18-21H2,1-3H3,(H,33,37). The van der Waals surface area contributed by atoms with Crippen molar-refractivity contribution in [3.63, 3.8) is 0 Å². The highest BCUT2D eigenvalue weighted by molar-refractivity contribution is 5.89. The van der Waals surface area contributed by atoms with Crippen LogP contribution in [0.25, 0.3) is 0 Å². The van der Waals surface area contributed by atoms with Crippen LogP contribution in [0.5, 0.6) is 5.75 Å². The van der Waals surface area contributed by atoms with E-state index >= 15 is 0 Å². The normalized spacial score (nSPS) is 16.5. The predicted octanol–water partition coefficient (Wildman–Crippen LogP) is 4.86. The average Bonchev–Trinajstić information content (AvgIpc) is 3.42. The number of urea groups is 1. The van der Waals surface area contributed by atoms with Crippen LogP contribution < -0.4 is 20.9 Å². The van der Waals surface area contributed by atoms with Crippen molar-refractivity contribution < 1.29 is 19.1 Å². The fourth-order valence-electron chi connectivity index (χ4n) is 4.76. The molecule has 8 nitrogen and oxygen atoms in total. The van der Waals surface area contributed by atoms with E-state index in [1.165, 1.54) is 5.56 Å². The van der Waals surface area contributed by atoms with E-state index in [9.17, 15) is 9.59 Å². The molecule has 0 bridgehead atoms. The van der Waals surface area contributed by atoms with Crippen molar-refractivity contribution in [1.29, 1.82) is 0 Å². The first-order chi connectivity index (χ1) is 19.0. The lowest BCUT2D eigenvalue weighted by Gasteiger charge is -2.29. The molecule has 39 heavy (non-hydrogen) atoms. The molecule has 3 N–H and O–H groups in total. The summed E-state index contributed by atoms with van der Waals surface area (Å²) >= 11 is 0. The third-order valence-corrected chi connectivity index (χ3v) is 6.97. The van der Waals surface area contributed by atoms with Gasteiger partial charge in [0.1, 0.15) is 5.75 Å². The first-order valence-corrected chi connectivity index (χ1v) is 13.5. The number of methoxy groups -OCH3 is 1. The topological polar surface area (TPSA) is 91.9 Å². The summed E-state index contributed by atoms with van der Waals surface area (Å²) in [4.78, 5) is 27.2. The van der Waals surface area contributed by atoms with E-state index < -0.39 is 0 Å². The molecule has 3 aromatic rings. The number of ether oxygens (including phenoxy) is 2. The van der Waals surface area contributed by atoms with Gasteiger partial charge in [-0.1, -0.05) is 55.5 Å². The van der Waals surface area contributed by atoms with Gasteiger partial charge in [-0.2, -0.15) is 0 Å². The number of nitrogens with one attached hydrogen (secondary N) is 3. The highest BCUT2D eigenvalue weighted by Crippen LogP contribution is 2.28. The number of hydrazine groups is 1. The van der Waals surface area contributed by atoms with Gasteiger partial charge in [0.15, 0.2) is 0 Å². The molecule has 2 atom stereocenters. The van der Waals surface area contributed by atoms with Crippen molar-refractivity contribution in [2.45, 2.75) is 39.3 Å². The maximum atomic E-state index is 13.6. The molecular weight excluding hydrogens is 492 g/mol.